The highest BCUT2D eigenvalue weighted by Crippen LogP contribution is 2.23. The topological polar surface area (TPSA) is 67.2 Å². The van der Waals surface area contributed by atoms with E-state index in [4.69, 9.17) is 0 Å². The molecule has 5 nitrogen and oxygen atoms in total. The molecule has 2 N–H and O–H groups in total. The molecule has 0 unspecified atom stereocenters. The van der Waals surface area contributed by atoms with Crippen LogP contribution in [0.3, 0.4) is 0 Å². The zero-order valence-electron chi connectivity index (χ0n) is 12.2. The standard InChI is InChI=1S/C15H19N3O2S/c1-11-3-5-12(6-4-11)10-21-15-17-7-13(9-19)18(15)8-14(20)16-2/h3-7,19H,8-10H2,1-2H3,(H,16,20). The third-order valence-electron chi connectivity index (χ3n) is 3.13. The maximum absolute atomic E-state index is 11.6. The number of hydrogen-bond donors (Lipinski definition) is 2. The van der Waals surface area contributed by atoms with Gasteiger partial charge in [-0.2, -0.15) is 0 Å². The number of imidazole rings is 1. The summed E-state index contributed by atoms with van der Waals surface area (Å²) in [7, 11) is 1.59. The average molecular weight is 305 g/mol. The van der Waals surface area contributed by atoms with Crippen molar-refractivity contribution < 1.29 is 9.90 Å². The van der Waals surface area contributed by atoms with E-state index in [-0.39, 0.29) is 19.1 Å². The van der Waals surface area contributed by atoms with Gasteiger partial charge in [-0.1, -0.05) is 41.6 Å². The lowest BCUT2D eigenvalue weighted by molar-refractivity contribution is -0.121. The Morgan fingerprint density at radius 3 is 2.71 bits per heavy atom. The predicted octanol–water partition coefficient (Wildman–Crippen LogP) is 1.72. The van der Waals surface area contributed by atoms with Gasteiger partial charge < -0.3 is 15.0 Å². The first-order valence-corrected chi connectivity index (χ1v) is 7.66. The van der Waals surface area contributed by atoms with Crippen LogP contribution in [0.15, 0.2) is 35.6 Å². The van der Waals surface area contributed by atoms with E-state index < -0.39 is 0 Å². The van der Waals surface area contributed by atoms with Gasteiger partial charge in [0.2, 0.25) is 5.91 Å². The van der Waals surface area contributed by atoms with Crippen molar-refractivity contribution in [2.24, 2.45) is 0 Å². The van der Waals surface area contributed by atoms with Gasteiger partial charge >= 0.3 is 0 Å². The second-order valence-electron chi connectivity index (χ2n) is 4.72. The zero-order valence-corrected chi connectivity index (χ0v) is 13.0. The molecule has 112 valence electrons. The minimum atomic E-state index is -0.130. The molecule has 2 rings (SSSR count). The number of aliphatic hydroxyl groups is 1. The van der Waals surface area contributed by atoms with Crippen molar-refractivity contribution in [1.29, 1.82) is 0 Å². The molecular weight excluding hydrogens is 286 g/mol. The molecule has 0 saturated carbocycles. The number of thioether (sulfide) groups is 1. The molecule has 1 amide bonds. The highest BCUT2D eigenvalue weighted by atomic mass is 32.2. The maximum atomic E-state index is 11.6. The molecule has 0 spiro atoms. The minimum Gasteiger partial charge on any atom is -0.390 e. The van der Waals surface area contributed by atoms with Crippen molar-refractivity contribution in [3.63, 3.8) is 0 Å². The Labute approximate surface area is 128 Å². The van der Waals surface area contributed by atoms with Crippen LogP contribution < -0.4 is 5.32 Å². The van der Waals surface area contributed by atoms with Gasteiger partial charge in [-0.05, 0) is 12.5 Å². The summed E-state index contributed by atoms with van der Waals surface area (Å²) in [6.45, 7) is 2.10. The molecular formula is C15H19N3O2S. The fourth-order valence-electron chi connectivity index (χ4n) is 1.86. The number of benzene rings is 1. The number of carbonyl (C=O) groups is 1. The van der Waals surface area contributed by atoms with Gasteiger partial charge in [0, 0.05) is 12.8 Å². The average Bonchev–Trinajstić information content (AvgIpc) is 2.88. The van der Waals surface area contributed by atoms with Crippen LogP contribution >= 0.6 is 11.8 Å². The summed E-state index contributed by atoms with van der Waals surface area (Å²) in [6, 6.07) is 8.32. The number of amides is 1. The van der Waals surface area contributed by atoms with Crippen LogP contribution in [0.1, 0.15) is 16.8 Å². The van der Waals surface area contributed by atoms with Crippen LogP contribution in [0.25, 0.3) is 0 Å². The van der Waals surface area contributed by atoms with E-state index in [0.717, 1.165) is 10.9 Å². The number of nitrogens with zero attached hydrogens (tertiary/aromatic N) is 2. The first kappa shape index (κ1) is 15.6. The molecule has 21 heavy (non-hydrogen) atoms. The van der Waals surface area contributed by atoms with E-state index in [1.54, 1.807) is 29.6 Å². The SMILES string of the molecule is CNC(=O)Cn1c(CO)cnc1SCc1ccc(C)cc1. The van der Waals surface area contributed by atoms with Crippen molar-refractivity contribution in [2.75, 3.05) is 7.05 Å². The zero-order chi connectivity index (χ0) is 15.2. The number of aromatic nitrogens is 2. The van der Waals surface area contributed by atoms with Crippen molar-refractivity contribution >= 4 is 17.7 Å². The molecule has 1 heterocycles. The first-order valence-electron chi connectivity index (χ1n) is 6.68. The molecule has 0 aliphatic heterocycles. The molecule has 0 aliphatic carbocycles. The summed E-state index contributed by atoms with van der Waals surface area (Å²) in [4.78, 5) is 15.9. The number of hydrogen-bond acceptors (Lipinski definition) is 4. The second-order valence-corrected chi connectivity index (χ2v) is 5.67. The number of carbonyl (C=O) groups excluding carboxylic acids is 1. The Morgan fingerprint density at radius 2 is 2.10 bits per heavy atom. The summed E-state index contributed by atoms with van der Waals surface area (Å²) in [5, 5.41) is 12.7. The van der Waals surface area contributed by atoms with Crippen LogP contribution in [0.4, 0.5) is 0 Å². The second kappa shape index (κ2) is 7.28. The third-order valence-corrected chi connectivity index (χ3v) is 4.19. The summed E-state index contributed by atoms with van der Waals surface area (Å²) < 4.78 is 1.75. The van der Waals surface area contributed by atoms with Gasteiger partial charge in [-0.25, -0.2) is 4.98 Å². The van der Waals surface area contributed by atoms with Crippen LogP contribution in [0.5, 0.6) is 0 Å². The Morgan fingerprint density at radius 1 is 1.38 bits per heavy atom. The molecule has 2 aromatic rings. The van der Waals surface area contributed by atoms with E-state index in [1.165, 1.54) is 11.1 Å². The lowest BCUT2D eigenvalue weighted by Gasteiger charge is -2.09. The number of aryl methyl sites for hydroxylation is 1. The lowest BCUT2D eigenvalue weighted by atomic mass is 10.2. The molecule has 1 aromatic carbocycles. The predicted molar refractivity (Wildman–Crippen MR) is 83.0 cm³/mol. The molecule has 0 bridgehead atoms. The Kier molecular flexibility index (Phi) is 5.41. The van der Waals surface area contributed by atoms with Gasteiger partial charge in [0.1, 0.15) is 6.54 Å². The third kappa shape index (κ3) is 4.09. The molecule has 0 radical (unpaired) electrons. The summed E-state index contributed by atoms with van der Waals surface area (Å²) in [5.74, 6) is 0.662. The molecule has 6 heteroatoms. The molecule has 0 fully saturated rings. The van der Waals surface area contributed by atoms with E-state index in [9.17, 15) is 9.90 Å². The van der Waals surface area contributed by atoms with Crippen LogP contribution in [-0.2, 0) is 23.7 Å². The van der Waals surface area contributed by atoms with Crippen LogP contribution in [-0.4, -0.2) is 27.6 Å². The van der Waals surface area contributed by atoms with E-state index in [2.05, 4.69) is 41.5 Å². The molecule has 0 atom stereocenters. The Bertz CT molecular complexity index is 608. The summed E-state index contributed by atoms with van der Waals surface area (Å²) >= 11 is 1.56. The first-order chi connectivity index (χ1) is 10.1. The van der Waals surface area contributed by atoms with Crippen molar-refractivity contribution in [3.8, 4) is 0 Å². The van der Waals surface area contributed by atoms with Gasteiger partial charge in [-0.3, -0.25) is 4.79 Å². The van der Waals surface area contributed by atoms with E-state index in [0.29, 0.717) is 5.69 Å². The quantitative estimate of drug-likeness (QED) is 0.798. The largest absolute Gasteiger partial charge is 0.390 e. The molecule has 1 aromatic heterocycles. The summed E-state index contributed by atoms with van der Waals surface area (Å²) in [5.41, 5.74) is 3.07. The Hall–Kier alpha value is -1.79. The van der Waals surface area contributed by atoms with Gasteiger partial charge in [0.15, 0.2) is 5.16 Å². The highest BCUT2D eigenvalue weighted by molar-refractivity contribution is 7.98. The smallest absolute Gasteiger partial charge is 0.239 e. The van der Waals surface area contributed by atoms with Gasteiger partial charge in [0.25, 0.3) is 0 Å². The monoisotopic (exact) mass is 305 g/mol. The van der Waals surface area contributed by atoms with Crippen molar-refractivity contribution in [2.45, 2.75) is 31.0 Å². The number of nitrogens with one attached hydrogen (secondary N) is 1. The molecule has 0 aliphatic rings. The van der Waals surface area contributed by atoms with Crippen LogP contribution in [0.2, 0.25) is 0 Å². The summed E-state index contributed by atoms with van der Waals surface area (Å²) in [6.07, 6.45) is 1.61. The van der Waals surface area contributed by atoms with Crippen LogP contribution in [0, 0.1) is 6.92 Å². The normalized spacial score (nSPS) is 10.6. The van der Waals surface area contributed by atoms with E-state index >= 15 is 0 Å². The maximum Gasteiger partial charge on any atom is 0.239 e. The van der Waals surface area contributed by atoms with Gasteiger partial charge in [0.05, 0.1) is 18.5 Å². The van der Waals surface area contributed by atoms with Crippen molar-refractivity contribution in [3.05, 3.63) is 47.3 Å². The highest BCUT2D eigenvalue weighted by Gasteiger charge is 2.12. The van der Waals surface area contributed by atoms with Gasteiger partial charge in [-0.15, -0.1) is 0 Å². The Balaban J connectivity index is 2.10. The lowest BCUT2D eigenvalue weighted by Crippen LogP contribution is -2.24. The number of rotatable bonds is 6. The van der Waals surface area contributed by atoms with E-state index in [1.807, 2.05) is 0 Å². The fraction of sp³-hybridized carbons (Fsp3) is 0.333. The minimum absolute atomic E-state index is 0.111. The van der Waals surface area contributed by atoms with Crippen molar-refractivity contribution in [1.82, 2.24) is 14.9 Å². The number of aliphatic hydroxyl groups excluding tert-OH is 1. The fourth-order valence-corrected chi connectivity index (χ4v) is 2.81. The molecule has 0 saturated heterocycles. The number of likely N-dealkylation sites (N-methyl/N-ethyl adjacent to an activating group) is 1.